The molecule has 0 rings (SSSR count). The summed E-state index contributed by atoms with van der Waals surface area (Å²) in [4.78, 5) is 13.8. The van der Waals surface area contributed by atoms with Crippen LogP contribution in [0.5, 0.6) is 0 Å². The van der Waals surface area contributed by atoms with Crippen molar-refractivity contribution in [3.05, 3.63) is 0 Å². The van der Waals surface area contributed by atoms with Crippen molar-refractivity contribution in [2.75, 3.05) is 19.7 Å². The second-order valence-electron chi connectivity index (χ2n) is 5.45. The lowest BCUT2D eigenvalue weighted by Gasteiger charge is -2.26. The molecule has 0 heterocycles. The van der Waals surface area contributed by atoms with E-state index >= 15 is 0 Å². The molecule has 0 aliphatic rings. The maximum Gasteiger partial charge on any atom is 0.248 e. The highest BCUT2D eigenvalue weighted by Gasteiger charge is 2.16. The van der Waals surface area contributed by atoms with Crippen LogP contribution in [-0.2, 0) is 9.53 Å². The minimum absolute atomic E-state index is 0.108. The molecule has 1 amide bonds. The van der Waals surface area contributed by atoms with Gasteiger partial charge in [0.25, 0.3) is 0 Å². The van der Waals surface area contributed by atoms with E-state index in [9.17, 15) is 4.79 Å². The van der Waals surface area contributed by atoms with Crippen LogP contribution in [-0.4, -0.2) is 36.6 Å². The van der Waals surface area contributed by atoms with Gasteiger partial charge >= 0.3 is 0 Å². The van der Waals surface area contributed by atoms with Gasteiger partial charge in [-0.2, -0.15) is 0 Å². The molecule has 0 aromatic rings. The number of rotatable bonds is 7. The van der Waals surface area contributed by atoms with E-state index in [-0.39, 0.29) is 18.6 Å². The van der Waals surface area contributed by atoms with Crippen LogP contribution in [0.1, 0.15) is 41.5 Å². The van der Waals surface area contributed by atoms with Crippen molar-refractivity contribution in [1.29, 1.82) is 0 Å². The average Bonchev–Trinajstić information content (AvgIpc) is 2.11. The molecule has 0 N–H and O–H groups in total. The molecule has 0 saturated heterocycles. The van der Waals surface area contributed by atoms with E-state index < -0.39 is 0 Å². The van der Waals surface area contributed by atoms with Crippen molar-refractivity contribution in [3.63, 3.8) is 0 Å². The Morgan fingerprint density at radius 1 is 1.00 bits per heavy atom. The zero-order chi connectivity index (χ0) is 12.7. The third-order valence-electron chi connectivity index (χ3n) is 2.06. The van der Waals surface area contributed by atoms with Crippen LogP contribution in [0.2, 0.25) is 0 Å². The highest BCUT2D eigenvalue weighted by molar-refractivity contribution is 5.77. The third-order valence-corrected chi connectivity index (χ3v) is 2.06. The molecule has 0 aromatic heterocycles. The zero-order valence-corrected chi connectivity index (χ0v) is 11.6. The molecule has 0 saturated carbocycles. The number of hydrogen-bond donors (Lipinski definition) is 0. The van der Waals surface area contributed by atoms with E-state index in [1.807, 2.05) is 18.7 Å². The first kappa shape index (κ1) is 15.4. The quantitative estimate of drug-likeness (QED) is 0.671. The maximum atomic E-state index is 11.9. The second kappa shape index (κ2) is 7.66. The first-order chi connectivity index (χ1) is 7.32. The van der Waals surface area contributed by atoms with Crippen molar-refractivity contribution in [2.45, 2.75) is 47.6 Å². The van der Waals surface area contributed by atoms with E-state index in [1.54, 1.807) is 0 Å². The molecule has 0 spiro atoms. The van der Waals surface area contributed by atoms with E-state index in [2.05, 4.69) is 27.7 Å². The van der Waals surface area contributed by atoms with Crippen molar-refractivity contribution >= 4 is 5.91 Å². The summed E-state index contributed by atoms with van der Waals surface area (Å²) in [6.45, 7) is 14.3. The number of amides is 1. The minimum atomic E-state index is 0.108. The van der Waals surface area contributed by atoms with E-state index in [4.69, 9.17) is 4.74 Å². The minimum Gasteiger partial charge on any atom is -0.369 e. The lowest BCUT2D eigenvalue weighted by molar-refractivity contribution is -0.138. The van der Waals surface area contributed by atoms with Gasteiger partial charge in [-0.05, 0) is 25.7 Å². The van der Waals surface area contributed by atoms with Gasteiger partial charge in [0.1, 0.15) is 6.61 Å². The highest BCUT2D eigenvalue weighted by Crippen LogP contribution is 2.05. The summed E-state index contributed by atoms with van der Waals surface area (Å²) < 4.78 is 5.36. The zero-order valence-electron chi connectivity index (χ0n) is 11.6. The van der Waals surface area contributed by atoms with Gasteiger partial charge in [-0.25, -0.2) is 0 Å². The van der Waals surface area contributed by atoms with Gasteiger partial charge in [0.05, 0.1) is 6.10 Å². The lowest BCUT2D eigenvalue weighted by Crippen LogP contribution is -2.39. The summed E-state index contributed by atoms with van der Waals surface area (Å²) in [5, 5.41) is 0. The second-order valence-corrected chi connectivity index (χ2v) is 5.45. The summed E-state index contributed by atoms with van der Waals surface area (Å²) in [6.07, 6.45) is 0.115. The Labute approximate surface area is 100 Å². The molecule has 16 heavy (non-hydrogen) atoms. The van der Waals surface area contributed by atoms with Crippen LogP contribution in [0, 0.1) is 11.8 Å². The average molecular weight is 229 g/mol. The summed E-state index contributed by atoms with van der Waals surface area (Å²) in [7, 11) is 0. The maximum absolute atomic E-state index is 11.9. The molecule has 0 radical (unpaired) electrons. The number of ether oxygens (including phenoxy) is 1. The number of nitrogens with zero attached hydrogens (tertiary/aromatic N) is 1. The molecule has 3 nitrogen and oxygen atoms in total. The van der Waals surface area contributed by atoms with E-state index in [1.165, 1.54) is 0 Å². The fraction of sp³-hybridized carbons (Fsp3) is 0.923. The van der Waals surface area contributed by atoms with Gasteiger partial charge in [-0.15, -0.1) is 0 Å². The highest BCUT2D eigenvalue weighted by atomic mass is 16.5. The third kappa shape index (κ3) is 7.69. The Hall–Kier alpha value is -0.570. The van der Waals surface area contributed by atoms with Crippen molar-refractivity contribution in [3.8, 4) is 0 Å². The van der Waals surface area contributed by atoms with Gasteiger partial charge in [0.15, 0.2) is 0 Å². The van der Waals surface area contributed by atoms with Gasteiger partial charge in [0.2, 0.25) is 5.91 Å². The molecule has 3 heteroatoms. The Kier molecular flexibility index (Phi) is 7.39. The van der Waals surface area contributed by atoms with Gasteiger partial charge in [-0.1, -0.05) is 27.7 Å². The molecule has 0 bridgehead atoms. The normalized spacial score (nSPS) is 11.6. The topological polar surface area (TPSA) is 29.5 Å². The number of carbonyl (C=O) groups is 1. The molecule has 0 aromatic carbocycles. The van der Waals surface area contributed by atoms with Crippen LogP contribution < -0.4 is 0 Å². The van der Waals surface area contributed by atoms with Crippen LogP contribution in [0.3, 0.4) is 0 Å². The smallest absolute Gasteiger partial charge is 0.248 e. The van der Waals surface area contributed by atoms with Crippen LogP contribution in [0.15, 0.2) is 0 Å². The predicted octanol–water partition coefficient (Wildman–Crippen LogP) is 2.55. The summed E-state index contributed by atoms with van der Waals surface area (Å²) in [6, 6.07) is 0. The summed E-state index contributed by atoms with van der Waals surface area (Å²) in [5.74, 6) is 1.11. The Morgan fingerprint density at radius 2 is 1.44 bits per heavy atom. The number of carbonyl (C=O) groups excluding carboxylic acids is 1. The standard InChI is InChI=1S/C13H27NO2/c1-10(2)7-14(8-11(3)4)13(15)9-16-12(5)6/h10-12H,7-9H2,1-6H3. The Morgan fingerprint density at radius 3 is 1.75 bits per heavy atom. The molecule has 96 valence electrons. The van der Waals surface area contributed by atoms with Crippen LogP contribution in [0.25, 0.3) is 0 Å². The van der Waals surface area contributed by atoms with E-state index in [0.29, 0.717) is 11.8 Å². The first-order valence-electron chi connectivity index (χ1n) is 6.22. The molecule has 0 aliphatic carbocycles. The molecule has 0 fully saturated rings. The fourth-order valence-corrected chi connectivity index (χ4v) is 1.49. The Bertz CT molecular complexity index is 190. The molecule has 0 aliphatic heterocycles. The van der Waals surface area contributed by atoms with Crippen molar-refractivity contribution < 1.29 is 9.53 Å². The fourth-order valence-electron chi connectivity index (χ4n) is 1.49. The summed E-state index contributed by atoms with van der Waals surface area (Å²) >= 11 is 0. The SMILES string of the molecule is CC(C)CN(CC(C)C)C(=O)COC(C)C. The van der Waals surface area contributed by atoms with Crippen LogP contribution in [0.4, 0.5) is 0 Å². The van der Waals surface area contributed by atoms with Crippen molar-refractivity contribution in [1.82, 2.24) is 4.90 Å². The lowest BCUT2D eigenvalue weighted by atomic mass is 10.1. The molecular formula is C13H27NO2. The molecule has 0 unspecified atom stereocenters. The monoisotopic (exact) mass is 229 g/mol. The van der Waals surface area contributed by atoms with E-state index in [0.717, 1.165) is 13.1 Å². The number of hydrogen-bond acceptors (Lipinski definition) is 2. The van der Waals surface area contributed by atoms with Crippen molar-refractivity contribution in [2.24, 2.45) is 11.8 Å². The summed E-state index contributed by atoms with van der Waals surface area (Å²) in [5.41, 5.74) is 0. The first-order valence-corrected chi connectivity index (χ1v) is 6.22. The van der Waals surface area contributed by atoms with Gasteiger partial charge < -0.3 is 9.64 Å². The largest absolute Gasteiger partial charge is 0.369 e. The van der Waals surface area contributed by atoms with Gasteiger partial charge in [-0.3, -0.25) is 4.79 Å². The molecule has 0 atom stereocenters. The Balaban J connectivity index is 4.20. The molecular weight excluding hydrogens is 202 g/mol. The predicted molar refractivity (Wildman–Crippen MR) is 67.3 cm³/mol. The van der Waals surface area contributed by atoms with Gasteiger partial charge in [0, 0.05) is 13.1 Å². The van der Waals surface area contributed by atoms with Crippen LogP contribution >= 0.6 is 0 Å².